The Morgan fingerprint density at radius 2 is 2.40 bits per heavy atom. The molecule has 0 aliphatic rings. The molecule has 0 bridgehead atoms. The van der Waals surface area contributed by atoms with Crippen molar-refractivity contribution in [1.29, 1.82) is 0 Å². The molecule has 6 heteroatoms. The van der Waals surface area contributed by atoms with E-state index in [-0.39, 0.29) is 11.2 Å². The lowest BCUT2D eigenvalue weighted by Crippen LogP contribution is -2.20. The molecule has 15 heavy (non-hydrogen) atoms. The fourth-order valence-corrected chi connectivity index (χ4v) is 1.21. The Morgan fingerprint density at radius 3 is 3.07 bits per heavy atom. The molecule has 0 spiro atoms. The van der Waals surface area contributed by atoms with E-state index in [0.29, 0.717) is 24.8 Å². The SMILES string of the molecule is CC(CCN)CNc1nc[nH]c(=O)c1N. The number of nitrogens with zero attached hydrogens (tertiary/aromatic N) is 1. The zero-order valence-electron chi connectivity index (χ0n) is 8.79. The van der Waals surface area contributed by atoms with Gasteiger partial charge in [-0.2, -0.15) is 0 Å². The van der Waals surface area contributed by atoms with Crippen LogP contribution < -0.4 is 22.3 Å². The summed E-state index contributed by atoms with van der Waals surface area (Å²) in [6.07, 6.45) is 2.25. The predicted octanol–water partition coefficient (Wildman–Crippen LogP) is -0.251. The van der Waals surface area contributed by atoms with Crippen molar-refractivity contribution in [1.82, 2.24) is 9.97 Å². The van der Waals surface area contributed by atoms with Gasteiger partial charge in [-0.15, -0.1) is 0 Å². The molecule has 0 aromatic carbocycles. The van der Waals surface area contributed by atoms with Gasteiger partial charge >= 0.3 is 0 Å². The number of nitrogen functional groups attached to an aromatic ring is 1. The second-order valence-electron chi connectivity index (χ2n) is 3.56. The Kier molecular flexibility index (Phi) is 4.11. The number of hydrogen-bond acceptors (Lipinski definition) is 5. The number of hydrogen-bond donors (Lipinski definition) is 4. The van der Waals surface area contributed by atoms with Gasteiger partial charge < -0.3 is 21.8 Å². The summed E-state index contributed by atoms with van der Waals surface area (Å²) in [6.45, 7) is 3.43. The van der Waals surface area contributed by atoms with E-state index < -0.39 is 0 Å². The zero-order valence-corrected chi connectivity index (χ0v) is 8.79. The predicted molar refractivity (Wildman–Crippen MR) is 60.6 cm³/mol. The van der Waals surface area contributed by atoms with Gasteiger partial charge in [0.15, 0.2) is 5.82 Å². The first-order valence-corrected chi connectivity index (χ1v) is 4.92. The summed E-state index contributed by atoms with van der Waals surface area (Å²) >= 11 is 0. The first-order chi connectivity index (χ1) is 7.15. The van der Waals surface area contributed by atoms with E-state index in [9.17, 15) is 4.79 Å². The van der Waals surface area contributed by atoms with E-state index in [1.165, 1.54) is 6.33 Å². The van der Waals surface area contributed by atoms with Gasteiger partial charge in [-0.25, -0.2) is 4.98 Å². The van der Waals surface area contributed by atoms with Crippen molar-refractivity contribution < 1.29 is 0 Å². The van der Waals surface area contributed by atoms with Gasteiger partial charge in [-0.3, -0.25) is 4.79 Å². The van der Waals surface area contributed by atoms with E-state index in [2.05, 4.69) is 22.2 Å². The highest BCUT2D eigenvalue weighted by molar-refractivity contribution is 5.58. The Hall–Kier alpha value is -1.56. The minimum absolute atomic E-state index is 0.123. The monoisotopic (exact) mass is 211 g/mol. The molecule has 0 fully saturated rings. The summed E-state index contributed by atoms with van der Waals surface area (Å²) in [5.74, 6) is 0.859. The van der Waals surface area contributed by atoms with Crippen LogP contribution in [0.3, 0.4) is 0 Å². The first-order valence-electron chi connectivity index (χ1n) is 4.92. The maximum Gasteiger partial charge on any atom is 0.276 e. The topological polar surface area (TPSA) is 110 Å². The van der Waals surface area contributed by atoms with Crippen LogP contribution in [0.25, 0.3) is 0 Å². The third kappa shape index (κ3) is 3.25. The fourth-order valence-electron chi connectivity index (χ4n) is 1.21. The Bertz CT molecular complexity index is 362. The summed E-state index contributed by atoms with van der Waals surface area (Å²) < 4.78 is 0. The molecule has 1 unspecified atom stereocenters. The molecule has 1 aromatic rings. The van der Waals surface area contributed by atoms with Crippen LogP contribution in [0.15, 0.2) is 11.1 Å². The summed E-state index contributed by atoms with van der Waals surface area (Å²) in [5.41, 5.74) is 10.8. The third-order valence-electron chi connectivity index (χ3n) is 2.17. The highest BCUT2D eigenvalue weighted by atomic mass is 16.1. The normalized spacial score (nSPS) is 12.4. The number of aromatic amines is 1. The number of anilines is 2. The third-order valence-corrected chi connectivity index (χ3v) is 2.17. The molecule has 1 rings (SSSR count). The molecule has 0 saturated carbocycles. The average molecular weight is 211 g/mol. The molecule has 0 saturated heterocycles. The molecular formula is C9H17N5O. The van der Waals surface area contributed by atoms with Gasteiger partial charge in [0.2, 0.25) is 0 Å². The van der Waals surface area contributed by atoms with Gasteiger partial charge in [0.1, 0.15) is 5.69 Å². The Morgan fingerprint density at radius 1 is 1.67 bits per heavy atom. The van der Waals surface area contributed by atoms with Crippen LogP contribution in [-0.2, 0) is 0 Å². The van der Waals surface area contributed by atoms with Crippen molar-refractivity contribution in [2.45, 2.75) is 13.3 Å². The number of aromatic nitrogens is 2. The smallest absolute Gasteiger partial charge is 0.276 e. The van der Waals surface area contributed by atoms with E-state index >= 15 is 0 Å². The maximum atomic E-state index is 11.1. The van der Waals surface area contributed by atoms with Crippen molar-refractivity contribution in [3.05, 3.63) is 16.7 Å². The van der Waals surface area contributed by atoms with Crippen LogP contribution >= 0.6 is 0 Å². The molecule has 1 aromatic heterocycles. The molecule has 1 atom stereocenters. The van der Waals surface area contributed by atoms with Gasteiger partial charge in [0, 0.05) is 6.54 Å². The summed E-state index contributed by atoms with van der Waals surface area (Å²) in [7, 11) is 0. The minimum Gasteiger partial charge on any atom is -0.391 e. The second kappa shape index (κ2) is 5.35. The number of nitrogens with one attached hydrogen (secondary N) is 2. The van der Waals surface area contributed by atoms with Crippen LogP contribution in [0.4, 0.5) is 11.5 Å². The highest BCUT2D eigenvalue weighted by Gasteiger charge is 2.05. The standard InChI is InChI=1S/C9H17N5O/c1-6(2-3-10)4-12-8-7(11)9(15)14-5-13-8/h5-6H,2-4,10-11H2,1H3,(H2,12,13,14,15). The number of nitrogens with two attached hydrogens (primary N) is 2. The van der Waals surface area contributed by atoms with Crippen LogP contribution in [-0.4, -0.2) is 23.1 Å². The second-order valence-corrected chi connectivity index (χ2v) is 3.56. The summed E-state index contributed by atoms with van der Waals surface area (Å²) in [6, 6.07) is 0. The van der Waals surface area contributed by atoms with E-state index in [4.69, 9.17) is 11.5 Å². The lowest BCUT2D eigenvalue weighted by atomic mass is 10.1. The molecule has 0 amide bonds. The van der Waals surface area contributed by atoms with Crippen LogP contribution in [0.2, 0.25) is 0 Å². The van der Waals surface area contributed by atoms with Crippen molar-refractivity contribution in [3.8, 4) is 0 Å². The Labute approximate surface area is 88.1 Å². The van der Waals surface area contributed by atoms with Gasteiger partial charge in [-0.05, 0) is 18.9 Å². The molecule has 0 aliphatic carbocycles. The van der Waals surface area contributed by atoms with Crippen molar-refractivity contribution in [2.24, 2.45) is 11.7 Å². The summed E-state index contributed by atoms with van der Waals surface area (Å²) in [4.78, 5) is 17.5. The lowest BCUT2D eigenvalue weighted by Gasteiger charge is -2.12. The van der Waals surface area contributed by atoms with Gasteiger partial charge in [0.05, 0.1) is 6.33 Å². The van der Waals surface area contributed by atoms with E-state index in [1.807, 2.05) is 0 Å². The van der Waals surface area contributed by atoms with E-state index in [0.717, 1.165) is 6.42 Å². The number of rotatable bonds is 5. The molecule has 0 radical (unpaired) electrons. The first kappa shape index (κ1) is 11.5. The maximum absolute atomic E-state index is 11.1. The zero-order chi connectivity index (χ0) is 11.3. The minimum atomic E-state index is -0.320. The lowest BCUT2D eigenvalue weighted by molar-refractivity contribution is 0.567. The largest absolute Gasteiger partial charge is 0.391 e. The molecule has 0 aliphatic heterocycles. The average Bonchev–Trinajstić information content (AvgIpc) is 2.21. The summed E-state index contributed by atoms with van der Waals surface area (Å²) in [5, 5.41) is 3.03. The molecular weight excluding hydrogens is 194 g/mol. The quantitative estimate of drug-likeness (QED) is 0.537. The van der Waals surface area contributed by atoms with Crippen molar-refractivity contribution in [3.63, 3.8) is 0 Å². The number of H-pyrrole nitrogens is 1. The molecule has 6 nitrogen and oxygen atoms in total. The van der Waals surface area contributed by atoms with Crippen LogP contribution in [0.1, 0.15) is 13.3 Å². The van der Waals surface area contributed by atoms with Gasteiger partial charge in [0.25, 0.3) is 5.56 Å². The fraction of sp³-hybridized carbons (Fsp3) is 0.556. The van der Waals surface area contributed by atoms with Crippen molar-refractivity contribution >= 4 is 11.5 Å². The van der Waals surface area contributed by atoms with Crippen LogP contribution in [0, 0.1) is 5.92 Å². The molecule has 1 heterocycles. The molecule has 84 valence electrons. The molecule has 6 N–H and O–H groups in total. The van der Waals surface area contributed by atoms with E-state index in [1.54, 1.807) is 0 Å². The van der Waals surface area contributed by atoms with Crippen LogP contribution in [0.5, 0.6) is 0 Å². The Balaban J connectivity index is 2.58. The highest BCUT2D eigenvalue weighted by Crippen LogP contribution is 2.09. The van der Waals surface area contributed by atoms with Gasteiger partial charge in [-0.1, -0.05) is 6.92 Å². The van der Waals surface area contributed by atoms with Crippen molar-refractivity contribution in [2.75, 3.05) is 24.1 Å².